The summed E-state index contributed by atoms with van der Waals surface area (Å²) < 4.78 is 29.4. The Morgan fingerprint density at radius 3 is 2.47 bits per heavy atom. The van der Waals surface area contributed by atoms with Gasteiger partial charge in [-0.1, -0.05) is 0 Å². The molecule has 0 radical (unpaired) electrons. The van der Waals surface area contributed by atoms with Gasteiger partial charge in [-0.2, -0.15) is 5.26 Å². The number of ether oxygens (including phenoxy) is 1. The van der Waals surface area contributed by atoms with Crippen LogP contribution >= 0.6 is 0 Å². The lowest BCUT2D eigenvalue weighted by atomic mass is 9.90. The smallest absolute Gasteiger partial charge is 0.180 e. The maximum Gasteiger partial charge on any atom is 0.180 e. The molecule has 1 fully saturated rings. The van der Waals surface area contributed by atoms with E-state index in [9.17, 15) is 8.42 Å². The molecule has 0 atom stereocenters. The van der Waals surface area contributed by atoms with E-state index in [-0.39, 0.29) is 29.4 Å². The van der Waals surface area contributed by atoms with Gasteiger partial charge in [0, 0.05) is 6.04 Å². The molecule has 19 heavy (non-hydrogen) atoms. The van der Waals surface area contributed by atoms with Gasteiger partial charge in [-0.05, 0) is 37.1 Å². The van der Waals surface area contributed by atoms with Gasteiger partial charge >= 0.3 is 0 Å². The lowest BCUT2D eigenvalue weighted by molar-refractivity contribution is -0.000255. The SMILES string of the molecule is N#Cc1ccc(S(=O)(=O)CCOC2CC(N)C2)cc1. The number of nitriles is 1. The zero-order chi connectivity index (χ0) is 13.9. The van der Waals surface area contributed by atoms with E-state index in [0.29, 0.717) is 5.56 Å². The van der Waals surface area contributed by atoms with Gasteiger partial charge in [0.1, 0.15) is 0 Å². The molecule has 1 aromatic rings. The van der Waals surface area contributed by atoms with Crippen LogP contribution in [0.2, 0.25) is 0 Å². The van der Waals surface area contributed by atoms with Crippen molar-refractivity contribution in [1.29, 1.82) is 5.26 Å². The minimum Gasteiger partial charge on any atom is -0.377 e. The highest BCUT2D eigenvalue weighted by Gasteiger charge is 2.27. The summed E-state index contributed by atoms with van der Waals surface area (Å²) in [5.74, 6) is -0.0510. The molecule has 1 aliphatic rings. The lowest BCUT2D eigenvalue weighted by Gasteiger charge is -2.32. The van der Waals surface area contributed by atoms with Crippen LogP contribution in [0.3, 0.4) is 0 Å². The zero-order valence-corrected chi connectivity index (χ0v) is 11.3. The molecule has 0 bridgehead atoms. The average molecular weight is 280 g/mol. The largest absolute Gasteiger partial charge is 0.377 e. The van der Waals surface area contributed by atoms with Crippen LogP contribution in [0.25, 0.3) is 0 Å². The van der Waals surface area contributed by atoms with E-state index in [1.165, 1.54) is 24.3 Å². The molecule has 0 aliphatic heterocycles. The Bertz CT molecular complexity index is 569. The Balaban J connectivity index is 1.88. The standard InChI is InChI=1S/C13H16N2O3S/c14-9-10-1-3-13(4-2-10)19(16,17)6-5-18-12-7-11(15)8-12/h1-4,11-12H,5-8,15H2. The first-order chi connectivity index (χ1) is 9.01. The predicted molar refractivity (Wildman–Crippen MR) is 70.2 cm³/mol. The van der Waals surface area contributed by atoms with Crippen molar-refractivity contribution in [2.45, 2.75) is 29.9 Å². The third kappa shape index (κ3) is 3.53. The molecule has 0 unspecified atom stereocenters. The molecule has 1 saturated carbocycles. The number of nitrogens with two attached hydrogens (primary N) is 1. The van der Waals surface area contributed by atoms with Crippen LogP contribution in [-0.4, -0.2) is 32.9 Å². The monoisotopic (exact) mass is 280 g/mol. The van der Waals surface area contributed by atoms with Crippen LogP contribution in [0.1, 0.15) is 18.4 Å². The molecule has 0 heterocycles. The molecular weight excluding hydrogens is 264 g/mol. The van der Waals surface area contributed by atoms with Crippen LogP contribution < -0.4 is 5.73 Å². The van der Waals surface area contributed by atoms with Crippen LogP contribution in [0.15, 0.2) is 29.2 Å². The molecule has 6 heteroatoms. The van der Waals surface area contributed by atoms with Crippen molar-refractivity contribution in [2.24, 2.45) is 5.73 Å². The van der Waals surface area contributed by atoms with E-state index in [1.807, 2.05) is 6.07 Å². The Morgan fingerprint density at radius 2 is 1.95 bits per heavy atom. The number of benzene rings is 1. The van der Waals surface area contributed by atoms with Crippen LogP contribution in [0.5, 0.6) is 0 Å². The Morgan fingerprint density at radius 1 is 1.32 bits per heavy atom. The molecule has 1 aromatic carbocycles. The quantitative estimate of drug-likeness (QED) is 0.862. The normalized spacial score (nSPS) is 22.5. The first kappa shape index (κ1) is 14.0. The van der Waals surface area contributed by atoms with Crippen LogP contribution in [0.4, 0.5) is 0 Å². The summed E-state index contributed by atoms with van der Waals surface area (Å²) in [6.45, 7) is 0.180. The molecule has 2 N–H and O–H groups in total. The van der Waals surface area contributed by atoms with E-state index < -0.39 is 9.84 Å². The van der Waals surface area contributed by atoms with Crippen molar-refractivity contribution < 1.29 is 13.2 Å². The third-order valence-corrected chi connectivity index (χ3v) is 4.87. The molecule has 0 spiro atoms. The predicted octanol–water partition coefficient (Wildman–Crippen LogP) is 0.838. The van der Waals surface area contributed by atoms with Crippen molar-refractivity contribution >= 4 is 9.84 Å². The molecular formula is C13H16N2O3S. The maximum absolute atomic E-state index is 12.0. The van der Waals surface area contributed by atoms with E-state index in [2.05, 4.69) is 0 Å². The molecule has 0 saturated heterocycles. The van der Waals surface area contributed by atoms with Crippen molar-refractivity contribution in [2.75, 3.05) is 12.4 Å². The van der Waals surface area contributed by atoms with Crippen molar-refractivity contribution in [3.8, 4) is 6.07 Å². The van der Waals surface area contributed by atoms with Crippen molar-refractivity contribution in [3.05, 3.63) is 29.8 Å². The Kier molecular flexibility index (Phi) is 4.20. The highest BCUT2D eigenvalue weighted by Crippen LogP contribution is 2.21. The highest BCUT2D eigenvalue weighted by molar-refractivity contribution is 7.91. The van der Waals surface area contributed by atoms with Crippen LogP contribution in [0, 0.1) is 11.3 Å². The minimum atomic E-state index is -3.34. The fourth-order valence-corrected chi connectivity index (χ4v) is 3.02. The summed E-state index contributed by atoms with van der Waals surface area (Å²) in [6, 6.07) is 8.05. The second kappa shape index (κ2) is 5.70. The van der Waals surface area contributed by atoms with Gasteiger partial charge in [-0.3, -0.25) is 0 Å². The summed E-state index contributed by atoms with van der Waals surface area (Å²) in [7, 11) is -3.34. The van der Waals surface area contributed by atoms with Crippen molar-refractivity contribution in [1.82, 2.24) is 0 Å². The lowest BCUT2D eigenvalue weighted by Crippen LogP contribution is -2.42. The van der Waals surface area contributed by atoms with Gasteiger partial charge in [0.05, 0.1) is 35.0 Å². The maximum atomic E-state index is 12.0. The molecule has 1 aliphatic carbocycles. The topological polar surface area (TPSA) is 93.2 Å². The molecule has 102 valence electrons. The molecule has 2 rings (SSSR count). The summed E-state index contributed by atoms with van der Waals surface area (Å²) in [6.07, 6.45) is 1.71. The fraction of sp³-hybridized carbons (Fsp3) is 0.462. The van der Waals surface area contributed by atoms with E-state index in [1.54, 1.807) is 0 Å². The van der Waals surface area contributed by atoms with E-state index in [4.69, 9.17) is 15.7 Å². The van der Waals surface area contributed by atoms with Crippen LogP contribution in [-0.2, 0) is 14.6 Å². The first-order valence-electron chi connectivity index (χ1n) is 6.11. The summed E-state index contributed by atoms with van der Waals surface area (Å²) in [5.41, 5.74) is 6.06. The molecule has 5 nitrogen and oxygen atoms in total. The van der Waals surface area contributed by atoms with Gasteiger partial charge < -0.3 is 10.5 Å². The second-order valence-electron chi connectivity index (χ2n) is 4.68. The van der Waals surface area contributed by atoms with Gasteiger partial charge in [0.15, 0.2) is 9.84 Å². The summed E-state index contributed by atoms with van der Waals surface area (Å²) in [5, 5.41) is 8.66. The van der Waals surface area contributed by atoms with Gasteiger partial charge in [0.2, 0.25) is 0 Å². The third-order valence-electron chi connectivity index (χ3n) is 3.18. The van der Waals surface area contributed by atoms with E-state index >= 15 is 0 Å². The number of hydrogen-bond acceptors (Lipinski definition) is 5. The number of hydrogen-bond donors (Lipinski definition) is 1. The van der Waals surface area contributed by atoms with Gasteiger partial charge in [-0.15, -0.1) is 0 Å². The number of rotatable bonds is 5. The van der Waals surface area contributed by atoms with Gasteiger partial charge in [-0.25, -0.2) is 8.42 Å². The zero-order valence-electron chi connectivity index (χ0n) is 10.5. The molecule has 0 aromatic heterocycles. The average Bonchev–Trinajstić information content (AvgIpc) is 2.36. The Labute approximate surface area is 112 Å². The van der Waals surface area contributed by atoms with E-state index in [0.717, 1.165) is 12.8 Å². The van der Waals surface area contributed by atoms with Crippen molar-refractivity contribution in [3.63, 3.8) is 0 Å². The highest BCUT2D eigenvalue weighted by atomic mass is 32.2. The second-order valence-corrected chi connectivity index (χ2v) is 6.79. The number of nitrogens with zero attached hydrogens (tertiary/aromatic N) is 1. The fourth-order valence-electron chi connectivity index (χ4n) is 1.92. The first-order valence-corrected chi connectivity index (χ1v) is 7.76. The minimum absolute atomic E-state index is 0.0510. The molecule has 0 amide bonds. The van der Waals surface area contributed by atoms with Gasteiger partial charge in [0.25, 0.3) is 0 Å². The summed E-state index contributed by atoms with van der Waals surface area (Å²) >= 11 is 0. The number of sulfone groups is 1. The summed E-state index contributed by atoms with van der Waals surface area (Å²) in [4.78, 5) is 0.223. The Hall–Kier alpha value is -1.42.